The molecule has 4 rings (SSSR count). The monoisotopic (exact) mass is 480 g/mol. The molecule has 33 heavy (non-hydrogen) atoms. The summed E-state index contributed by atoms with van der Waals surface area (Å²) in [5.41, 5.74) is 3.08. The summed E-state index contributed by atoms with van der Waals surface area (Å²) in [6.45, 7) is 0.447. The first-order chi connectivity index (χ1) is 15.9. The zero-order valence-electron chi connectivity index (χ0n) is 17.2. The number of nitrogens with zero attached hydrogens (tertiary/aromatic N) is 3. The van der Waals surface area contributed by atoms with Crippen LogP contribution in [-0.4, -0.2) is 27.2 Å². The predicted molar refractivity (Wildman–Crippen MR) is 128 cm³/mol. The molecule has 0 fully saturated rings. The Kier molecular flexibility index (Phi) is 6.72. The Hall–Kier alpha value is -3.68. The lowest BCUT2D eigenvalue weighted by Gasteiger charge is -2.09. The van der Waals surface area contributed by atoms with Crippen LogP contribution >= 0.6 is 23.2 Å². The van der Waals surface area contributed by atoms with E-state index >= 15 is 0 Å². The molecule has 0 aliphatic rings. The number of rotatable bonds is 7. The van der Waals surface area contributed by atoms with E-state index in [4.69, 9.17) is 23.2 Å². The molecule has 0 radical (unpaired) electrons. The van der Waals surface area contributed by atoms with Crippen LogP contribution in [0.4, 0.5) is 5.69 Å². The SMILES string of the molecule is O=C(NCCc1ccccc1)c1cc(-c2ccc([N+](=O)[O-])cc2)nn1-c1ccc(Cl)c(Cl)c1. The molecular formula is C24H18Cl2N4O3. The molecule has 0 aliphatic carbocycles. The summed E-state index contributed by atoms with van der Waals surface area (Å²) in [7, 11) is 0. The fraction of sp³-hybridized carbons (Fsp3) is 0.0833. The van der Waals surface area contributed by atoms with E-state index in [2.05, 4.69) is 10.4 Å². The van der Waals surface area contributed by atoms with E-state index in [0.717, 1.165) is 5.56 Å². The molecule has 1 amide bonds. The van der Waals surface area contributed by atoms with Gasteiger partial charge in [-0.25, -0.2) is 4.68 Å². The first kappa shape index (κ1) is 22.5. The minimum Gasteiger partial charge on any atom is -0.350 e. The van der Waals surface area contributed by atoms with Gasteiger partial charge in [0.2, 0.25) is 0 Å². The summed E-state index contributed by atoms with van der Waals surface area (Å²) in [6.07, 6.45) is 0.683. The van der Waals surface area contributed by atoms with Gasteiger partial charge in [-0.1, -0.05) is 53.5 Å². The van der Waals surface area contributed by atoms with Crippen LogP contribution < -0.4 is 5.32 Å². The molecule has 1 heterocycles. The van der Waals surface area contributed by atoms with Gasteiger partial charge >= 0.3 is 0 Å². The molecule has 3 aromatic carbocycles. The molecule has 7 nitrogen and oxygen atoms in total. The highest BCUT2D eigenvalue weighted by atomic mass is 35.5. The van der Waals surface area contributed by atoms with Crippen molar-refractivity contribution in [1.82, 2.24) is 15.1 Å². The highest BCUT2D eigenvalue weighted by molar-refractivity contribution is 6.42. The Labute approximate surface area is 199 Å². The van der Waals surface area contributed by atoms with Crippen LogP contribution in [0.15, 0.2) is 78.9 Å². The predicted octanol–water partition coefficient (Wildman–Crippen LogP) is 5.73. The summed E-state index contributed by atoms with van der Waals surface area (Å²) in [5, 5.41) is 19.2. The zero-order chi connectivity index (χ0) is 23.4. The van der Waals surface area contributed by atoms with Crippen molar-refractivity contribution in [2.45, 2.75) is 6.42 Å². The van der Waals surface area contributed by atoms with E-state index in [1.54, 1.807) is 36.4 Å². The summed E-state index contributed by atoms with van der Waals surface area (Å²) >= 11 is 12.2. The van der Waals surface area contributed by atoms with Crippen molar-refractivity contribution in [3.63, 3.8) is 0 Å². The highest BCUT2D eigenvalue weighted by Gasteiger charge is 2.19. The number of hydrogen-bond donors (Lipinski definition) is 1. The maximum absolute atomic E-state index is 13.0. The average molecular weight is 481 g/mol. The van der Waals surface area contributed by atoms with Gasteiger partial charge < -0.3 is 5.32 Å². The third kappa shape index (κ3) is 5.22. The number of carbonyl (C=O) groups excluding carboxylic acids is 1. The van der Waals surface area contributed by atoms with Gasteiger partial charge in [0, 0.05) is 24.2 Å². The van der Waals surface area contributed by atoms with Crippen molar-refractivity contribution in [3.05, 3.63) is 110 Å². The van der Waals surface area contributed by atoms with Gasteiger partial charge in [-0.15, -0.1) is 0 Å². The van der Waals surface area contributed by atoms with Crippen molar-refractivity contribution in [2.24, 2.45) is 0 Å². The molecule has 4 aromatic rings. The second kappa shape index (κ2) is 9.85. The second-order valence-corrected chi connectivity index (χ2v) is 8.03. The van der Waals surface area contributed by atoms with E-state index < -0.39 is 4.92 Å². The minimum atomic E-state index is -0.469. The first-order valence-corrected chi connectivity index (χ1v) is 10.8. The number of carbonyl (C=O) groups is 1. The van der Waals surface area contributed by atoms with Gasteiger partial charge in [0.25, 0.3) is 11.6 Å². The molecule has 0 unspecified atom stereocenters. The van der Waals surface area contributed by atoms with Crippen LogP contribution in [0.2, 0.25) is 10.0 Å². The molecule has 0 saturated carbocycles. The van der Waals surface area contributed by atoms with Crippen molar-refractivity contribution < 1.29 is 9.72 Å². The van der Waals surface area contributed by atoms with Crippen LogP contribution in [0, 0.1) is 10.1 Å². The fourth-order valence-electron chi connectivity index (χ4n) is 3.31. The third-order valence-electron chi connectivity index (χ3n) is 5.01. The normalized spacial score (nSPS) is 10.7. The van der Waals surface area contributed by atoms with Crippen molar-refractivity contribution in [2.75, 3.05) is 6.54 Å². The van der Waals surface area contributed by atoms with E-state index in [1.165, 1.54) is 16.8 Å². The molecule has 0 spiro atoms. The van der Waals surface area contributed by atoms with E-state index in [1.807, 2.05) is 30.3 Å². The number of nitro groups is 1. The smallest absolute Gasteiger partial charge is 0.270 e. The van der Waals surface area contributed by atoms with E-state index in [9.17, 15) is 14.9 Å². The number of non-ortho nitro benzene ring substituents is 1. The third-order valence-corrected chi connectivity index (χ3v) is 5.74. The minimum absolute atomic E-state index is 0.0263. The van der Waals surface area contributed by atoms with Crippen LogP contribution in [-0.2, 0) is 6.42 Å². The molecule has 0 saturated heterocycles. The molecule has 1 aromatic heterocycles. The fourth-order valence-corrected chi connectivity index (χ4v) is 3.60. The van der Waals surface area contributed by atoms with Crippen LogP contribution in [0.3, 0.4) is 0 Å². The standard InChI is InChI=1S/C24H18Cl2N4O3/c25-20-11-10-19(14-21(20)26)29-23(24(31)27-13-12-16-4-2-1-3-5-16)15-22(28-29)17-6-8-18(9-7-17)30(32)33/h1-11,14-15H,12-13H2,(H,27,31). The Morgan fingerprint density at radius 1 is 0.970 bits per heavy atom. The topological polar surface area (TPSA) is 90.1 Å². The van der Waals surface area contributed by atoms with Gasteiger partial charge in [-0.05, 0) is 48.4 Å². The lowest BCUT2D eigenvalue weighted by Crippen LogP contribution is -2.27. The molecule has 9 heteroatoms. The van der Waals surface area contributed by atoms with Crippen LogP contribution in [0.1, 0.15) is 16.1 Å². The lowest BCUT2D eigenvalue weighted by atomic mass is 10.1. The number of benzene rings is 3. The molecule has 0 bridgehead atoms. The van der Waals surface area contributed by atoms with Crippen molar-refractivity contribution in [1.29, 1.82) is 0 Å². The maximum Gasteiger partial charge on any atom is 0.270 e. The summed E-state index contributed by atoms with van der Waals surface area (Å²) in [6, 6.07) is 22.4. The van der Waals surface area contributed by atoms with Crippen molar-refractivity contribution >= 4 is 34.8 Å². The molecule has 1 N–H and O–H groups in total. The average Bonchev–Trinajstić information content (AvgIpc) is 3.27. The number of aromatic nitrogens is 2. The van der Waals surface area contributed by atoms with Crippen LogP contribution in [0.25, 0.3) is 16.9 Å². The first-order valence-electron chi connectivity index (χ1n) is 10.0. The number of nitro benzene ring substituents is 1. The maximum atomic E-state index is 13.0. The van der Waals surface area contributed by atoms with Gasteiger partial charge in [0.15, 0.2) is 0 Å². The van der Waals surface area contributed by atoms with Crippen molar-refractivity contribution in [3.8, 4) is 16.9 Å². The summed E-state index contributed by atoms with van der Waals surface area (Å²) < 4.78 is 1.48. The number of nitrogens with one attached hydrogen (secondary N) is 1. The quantitative estimate of drug-likeness (QED) is 0.270. The van der Waals surface area contributed by atoms with E-state index in [0.29, 0.717) is 45.6 Å². The Balaban J connectivity index is 1.65. The zero-order valence-corrected chi connectivity index (χ0v) is 18.8. The molecule has 0 aliphatic heterocycles. The van der Waals surface area contributed by atoms with Gasteiger partial charge in [0.1, 0.15) is 5.69 Å². The summed E-state index contributed by atoms with van der Waals surface area (Å²) in [5.74, 6) is -0.308. The highest BCUT2D eigenvalue weighted by Crippen LogP contribution is 2.28. The largest absolute Gasteiger partial charge is 0.350 e. The Bertz CT molecular complexity index is 1310. The Morgan fingerprint density at radius 2 is 1.70 bits per heavy atom. The summed E-state index contributed by atoms with van der Waals surface area (Å²) in [4.78, 5) is 23.5. The molecule has 166 valence electrons. The molecular weight excluding hydrogens is 463 g/mol. The van der Waals surface area contributed by atoms with Gasteiger partial charge in [-0.3, -0.25) is 14.9 Å². The molecule has 0 atom stereocenters. The van der Waals surface area contributed by atoms with E-state index in [-0.39, 0.29) is 11.6 Å². The van der Waals surface area contributed by atoms with Gasteiger partial charge in [0.05, 0.1) is 26.3 Å². The Morgan fingerprint density at radius 3 is 2.36 bits per heavy atom. The number of hydrogen-bond acceptors (Lipinski definition) is 4. The van der Waals surface area contributed by atoms with Gasteiger partial charge in [-0.2, -0.15) is 5.10 Å². The second-order valence-electron chi connectivity index (χ2n) is 7.22. The number of amides is 1. The number of halogens is 2. The lowest BCUT2D eigenvalue weighted by molar-refractivity contribution is -0.384. The van der Waals surface area contributed by atoms with Crippen LogP contribution in [0.5, 0.6) is 0 Å².